The Morgan fingerprint density at radius 2 is 2.15 bits per heavy atom. The molecule has 1 saturated heterocycles. The Kier molecular flexibility index (Phi) is 3.28. The molecular weight excluding hydrogens is 168 g/mol. The second-order valence-corrected chi connectivity index (χ2v) is 3.27. The fourth-order valence-corrected chi connectivity index (χ4v) is 1.65. The second kappa shape index (κ2) is 4.25. The molecule has 1 N–H and O–H groups in total. The molecule has 0 aliphatic carbocycles. The number of carbonyl (C=O) groups excluding carboxylic acids is 2. The Balaban J connectivity index is 2.65. The molecule has 1 rings (SSSR count). The Hall–Kier alpha value is -1.06. The molecule has 4 heteroatoms. The van der Waals surface area contributed by atoms with Gasteiger partial charge in [0.2, 0.25) is 5.91 Å². The van der Waals surface area contributed by atoms with Crippen LogP contribution in [-0.4, -0.2) is 29.4 Å². The lowest BCUT2D eigenvalue weighted by atomic mass is 10.1. The van der Waals surface area contributed by atoms with Crippen LogP contribution in [0.25, 0.3) is 0 Å². The van der Waals surface area contributed by atoms with E-state index in [4.69, 9.17) is 0 Å². The van der Waals surface area contributed by atoms with Gasteiger partial charge in [-0.3, -0.25) is 9.69 Å². The lowest BCUT2D eigenvalue weighted by molar-refractivity contribution is -0.126. The van der Waals surface area contributed by atoms with Crippen molar-refractivity contribution >= 4 is 11.9 Å². The van der Waals surface area contributed by atoms with E-state index in [0.717, 1.165) is 19.3 Å². The largest absolute Gasteiger partial charge is 0.329 e. The van der Waals surface area contributed by atoms with Crippen LogP contribution in [0, 0.1) is 0 Å². The van der Waals surface area contributed by atoms with Gasteiger partial charge >= 0.3 is 6.03 Å². The minimum Gasteiger partial charge on any atom is -0.329 e. The fraction of sp³-hybridized carbons (Fsp3) is 0.778. The molecule has 1 fully saturated rings. The third-order valence-electron chi connectivity index (χ3n) is 2.34. The van der Waals surface area contributed by atoms with Gasteiger partial charge in [0.15, 0.2) is 0 Å². The van der Waals surface area contributed by atoms with E-state index in [1.807, 2.05) is 6.92 Å². The molecule has 74 valence electrons. The van der Waals surface area contributed by atoms with Gasteiger partial charge in [0.1, 0.15) is 0 Å². The zero-order valence-corrected chi connectivity index (χ0v) is 8.17. The predicted molar refractivity (Wildman–Crippen MR) is 49.2 cm³/mol. The average molecular weight is 184 g/mol. The zero-order valence-electron chi connectivity index (χ0n) is 8.17. The van der Waals surface area contributed by atoms with Crippen LogP contribution in [0.1, 0.15) is 33.1 Å². The number of amides is 3. The van der Waals surface area contributed by atoms with Crippen molar-refractivity contribution in [1.29, 1.82) is 0 Å². The maximum Gasteiger partial charge on any atom is 0.324 e. The van der Waals surface area contributed by atoms with Gasteiger partial charge in [-0.25, -0.2) is 4.79 Å². The van der Waals surface area contributed by atoms with E-state index in [1.54, 1.807) is 0 Å². The quantitative estimate of drug-likeness (QED) is 0.665. The molecule has 1 aliphatic rings. The van der Waals surface area contributed by atoms with E-state index in [0.29, 0.717) is 0 Å². The number of rotatable bonds is 4. The molecule has 0 aromatic heterocycles. The third-order valence-corrected chi connectivity index (χ3v) is 2.34. The van der Waals surface area contributed by atoms with Crippen molar-refractivity contribution in [2.75, 3.05) is 6.54 Å². The van der Waals surface area contributed by atoms with E-state index in [1.165, 1.54) is 4.90 Å². The summed E-state index contributed by atoms with van der Waals surface area (Å²) in [6.45, 7) is 4.22. The van der Waals surface area contributed by atoms with Crippen molar-refractivity contribution in [1.82, 2.24) is 10.2 Å². The maximum absolute atomic E-state index is 11.3. The minimum absolute atomic E-state index is 0.0833. The average Bonchev–Trinajstić information content (AvgIpc) is 2.43. The van der Waals surface area contributed by atoms with Crippen LogP contribution < -0.4 is 5.32 Å². The number of imide groups is 1. The highest BCUT2D eigenvalue weighted by molar-refractivity contribution is 6.02. The standard InChI is InChI=1S/C9H16N2O2/c1-3-5-7(4-2)11-8(12)6-10-9(11)13/h7H,3-6H2,1-2H3,(H,10,13). The van der Waals surface area contributed by atoms with Gasteiger partial charge in [0.05, 0.1) is 6.54 Å². The monoisotopic (exact) mass is 184 g/mol. The van der Waals surface area contributed by atoms with Crippen LogP contribution in [0.5, 0.6) is 0 Å². The van der Waals surface area contributed by atoms with Gasteiger partial charge in [-0.05, 0) is 12.8 Å². The first kappa shape index (κ1) is 10.0. The molecule has 1 heterocycles. The normalized spacial score (nSPS) is 19.1. The number of hydrogen-bond donors (Lipinski definition) is 1. The Morgan fingerprint density at radius 1 is 1.46 bits per heavy atom. The SMILES string of the molecule is CCCC(CC)N1C(=O)CNC1=O. The van der Waals surface area contributed by atoms with E-state index in [-0.39, 0.29) is 24.5 Å². The molecule has 0 saturated carbocycles. The molecule has 13 heavy (non-hydrogen) atoms. The number of hydrogen-bond acceptors (Lipinski definition) is 2. The van der Waals surface area contributed by atoms with Gasteiger partial charge in [-0.1, -0.05) is 20.3 Å². The first-order valence-electron chi connectivity index (χ1n) is 4.80. The molecule has 1 aliphatic heterocycles. The predicted octanol–water partition coefficient (Wildman–Crippen LogP) is 1.12. The summed E-state index contributed by atoms with van der Waals surface area (Å²) < 4.78 is 0. The van der Waals surface area contributed by atoms with Crippen LogP contribution >= 0.6 is 0 Å². The molecule has 4 nitrogen and oxygen atoms in total. The Labute approximate surface area is 78.3 Å². The van der Waals surface area contributed by atoms with Gasteiger partial charge in [0.25, 0.3) is 0 Å². The smallest absolute Gasteiger partial charge is 0.324 e. The molecule has 0 radical (unpaired) electrons. The van der Waals surface area contributed by atoms with Crippen molar-refractivity contribution in [3.8, 4) is 0 Å². The lowest BCUT2D eigenvalue weighted by Gasteiger charge is -2.23. The summed E-state index contributed by atoms with van der Waals surface area (Å²) in [5.41, 5.74) is 0. The summed E-state index contributed by atoms with van der Waals surface area (Å²) in [5, 5.41) is 2.53. The van der Waals surface area contributed by atoms with Gasteiger partial charge < -0.3 is 5.32 Å². The molecule has 1 unspecified atom stereocenters. The first-order chi connectivity index (χ1) is 6.20. The number of nitrogens with zero attached hydrogens (tertiary/aromatic N) is 1. The van der Waals surface area contributed by atoms with Crippen molar-refractivity contribution in [3.05, 3.63) is 0 Å². The van der Waals surface area contributed by atoms with Crippen LogP contribution in [0.2, 0.25) is 0 Å². The van der Waals surface area contributed by atoms with E-state index in [9.17, 15) is 9.59 Å². The lowest BCUT2D eigenvalue weighted by Crippen LogP contribution is -2.40. The van der Waals surface area contributed by atoms with Crippen LogP contribution in [0.3, 0.4) is 0 Å². The van der Waals surface area contributed by atoms with Crippen molar-refractivity contribution in [3.63, 3.8) is 0 Å². The highest BCUT2D eigenvalue weighted by atomic mass is 16.2. The van der Waals surface area contributed by atoms with E-state index in [2.05, 4.69) is 12.2 Å². The number of urea groups is 1. The molecule has 0 spiro atoms. The van der Waals surface area contributed by atoms with E-state index < -0.39 is 0 Å². The molecule has 1 atom stereocenters. The van der Waals surface area contributed by atoms with Crippen molar-refractivity contribution in [2.45, 2.75) is 39.2 Å². The molecule has 0 aromatic rings. The fourth-order valence-electron chi connectivity index (χ4n) is 1.65. The van der Waals surface area contributed by atoms with Crippen LogP contribution in [-0.2, 0) is 4.79 Å². The second-order valence-electron chi connectivity index (χ2n) is 3.27. The molecule has 0 bridgehead atoms. The summed E-state index contributed by atoms with van der Waals surface area (Å²) >= 11 is 0. The third kappa shape index (κ3) is 1.99. The van der Waals surface area contributed by atoms with E-state index >= 15 is 0 Å². The summed E-state index contributed by atoms with van der Waals surface area (Å²) in [7, 11) is 0. The Morgan fingerprint density at radius 3 is 2.54 bits per heavy atom. The van der Waals surface area contributed by atoms with Crippen molar-refractivity contribution in [2.24, 2.45) is 0 Å². The van der Waals surface area contributed by atoms with Crippen LogP contribution in [0.15, 0.2) is 0 Å². The molecule has 0 aromatic carbocycles. The topological polar surface area (TPSA) is 49.4 Å². The first-order valence-corrected chi connectivity index (χ1v) is 4.80. The summed E-state index contributed by atoms with van der Waals surface area (Å²) in [5.74, 6) is -0.0923. The van der Waals surface area contributed by atoms with Gasteiger partial charge in [-0.2, -0.15) is 0 Å². The Bertz CT molecular complexity index is 200. The molecular formula is C9H16N2O2. The van der Waals surface area contributed by atoms with Crippen LogP contribution in [0.4, 0.5) is 4.79 Å². The highest BCUT2D eigenvalue weighted by Crippen LogP contribution is 2.14. The number of nitrogens with one attached hydrogen (secondary N) is 1. The summed E-state index contributed by atoms with van der Waals surface area (Å²) in [4.78, 5) is 23.9. The highest BCUT2D eigenvalue weighted by Gasteiger charge is 2.33. The zero-order chi connectivity index (χ0) is 9.84. The van der Waals surface area contributed by atoms with Crippen molar-refractivity contribution < 1.29 is 9.59 Å². The van der Waals surface area contributed by atoms with Gasteiger partial charge in [-0.15, -0.1) is 0 Å². The molecule has 3 amide bonds. The number of carbonyl (C=O) groups is 2. The maximum atomic E-state index is 11.3. The summed E-state index contributed by atoms with van der Waals surface area (Å²) in [6.07, 6.45) is 2.73. The van der Waals surface area contributed by atoms with Gasteiger partial charge in [0, 0.05) is 6.04 Å². The summed E-state index contributed by atoms with van der Waals surface area (Å²) in [6, 6.07) is -0.148. The minimum atomic E-state index is -0.231.